The van der Waals surface area contributed by atoms with Crippen molar-refractivity contribution < 1.29 is 13.2 Å². The summed E-state index contributed by atoms with van der Waals surface area (Å²) in [6.07, 6.45) is 3.40. The maximum Gasteiger partial charge on any atom is 0.251 e. The number of rotatable bonds is 8. The maximum absolute atomic E-state index is 12.2. The van der Waals surface area contributed by atoms with Gasteiger partial charge in [-0.2, -0.15) is 0 Å². The van der Waals surface area contributed by atoms with Gasteiger partial charge in [-0.05, 0) is 63.0 Å². The Kier molecular flexibility index (Phi) is 7.40. The van der Waals surface area contributed by atoms with Crippen molar-refractivity contribution in [3.8, 4) is 0 Å². The predicted molar refractivity (Wildman–Crippen MR) is 99.1 cm³/mol. The van der Waals surface area contributed by atoms with Crippen LogP contribution >= 0.6 is 0 Å². The molecule has 0 radical (unpaired) electrons. The molecule has 6 nitrogen and oxygen atoms in total. The van der Waals surface area contributed by atoms with E-state index in [1.54, 1.807) is 19.1 Å². The van der Waals surface area contributed by atoms with Crippen molar-refractivity contribution in [3.05, 3.63) is 29.8 Å². The molecule has 0 aromatic heterocycles. The van der Waals surface area contributed by atoms with Crippen LogP contribution in [0.1, 0.15) is 43.5 Å². The molecule has 1 fully saturated rings. The Balaban J connectivity index is 1.81. The third kappa shape index (κ3) is 6.09. The summed E-state index contributed by atoms with van der Waals surface area (Å²) in [6.45, 7) is 8.18. The van der Waals surface area contributed by atoms with E-state index in [2.05, 4.69) is 21.9 Å². The Morgan fingerprint density at radius 3 is 2.68 bits per heavy atom. The summed E-state index contributed by atoms with van der Waals surface area (Å²) >= 11 is 0. The lowest BCUT2D eigenvalue weighted by atomic mass is 9.99. The van der Waals surface area contributed by atoms with Gasteiger partial charge in [-0.1, -0.05) is 19.9 Å². The van der Waals surface area contributed by atoms with Crippen molar-refractivity contribution in [2.45, 2.75) is 38.0 Å². The molecule has 0 saturated carbocycles. The number of nitrogens with one attached hydrogen (secondary N) is 2. The minimum absolute atomic E-state index is 0.115. The SMILES string of the molecule is CCNS(=O)(=O)c1cccc(C(=O)NCCCN2CCC(C)CC2)c1. The zero-order valence-corrected chi connectivity index (χ0v) is 15.9. The first kappa shape index (κ1) is 19.9. The molecule has 1 aliphatic rings. The van der Waals surface area contributed by atoms with E-state index in [4.69, 9.17) is 0 Å². The number of sulfonamides is 1. The second kappa shape index (κ2) is 9.31. The van der Waals surface area contributed by atoms with E-state index in [0.717, 1.165) is 32.0 Å². The average Bonchev–Trinajstić information content (AvgIpc) is 2.60. The molecule has 1 amide bonds. The largest absolute Gasteiger partial charge is 0.352 e. The van der Waals surface area contributed by atoms with E-state index in [9.17, 15) is 13.2 Å². The Bertz CT molecular complexity index is 668. The molecule has 1 aromatic rings. The highest BCUT2D eigenvalue weighted by atomic mass is 32.2. The highest BCUT2D eigenvalue weighted by Gasteiger charge is 2.16. The number of likely N-dealkylation sites (tertiary alicyclic amines) is 1. The third-order valence-corrected chi connectivity index (χ3v) is 6.10. The Morgan fingerprint density at radius 2 is 2.00 bits per heavy atom. The first-order chi connectivity index (χ1) is 11.9. The van der Waals surface area contributed by atoms with E-state index in [0.29, 0.717) is 18.7 Å². The molecular formula is C18H29N3O3S. The second-order valence-electron chi connectivity index (χ2n) is 6.66. The summed E-state index contributed by atoms with van der Waals surface area (Å²) < 4.78 is 26.5. The van der Waals surface area contributed by atoms with Gasteiger partial charge in [0.1, 0.15) is 0 Å². The van der Waals surface area contributed by atoms with Crippen molar-refractivity contribution in [1.29, 1.82) is 0 Å². The van der Waals surface area contributed by atoms with Gasteiger partial charge < -0.3 is 10.2 Å². The van der Waals surface area contributed by atoms with Crippen LogP contribution in [-0.2, 0) is 10.0 Å². The Morgan fingerprint density at radius 1 is 1.28 bits per heavy atom. The van der Waals surface area contributed by atoms with Crippen LogP contribution in [0.15, 0.2) is 29.2 Å². The molecule has 0 aliphatic carbocycles. The normalized spacial score (nSPS) is 16.7. The van der Waals surface area contributed by atoms with Gasteiger partial charge in [0.15, 0.2) is 0 Å². The summed E-state index contributed by atoms with van der Waals surface area (Å²) in [7, 11) is -3.55. The fourth-order valence-electron chi connectivity index (χ4n) is 2.97. The van der Waals surface area contributed by atoms with E-state index in [-0.39, 0.29) is 10.8 Å². The van der Waals surface area contributed by atoms with Crippen molar-refractivity contribution in [2.24, 2.45) is 5.92 Å². The summed E-state index contributed by atoms with van der Waals surface area (Å²) in [6, 6.07) is 6.13. The molecule has 2 N–H and O–H groups in total. The van der Waals surface area contributed by atoms with E-state index < -0.39 is 10.0 Å². The monoisotopic (exact) mass is 367 g/mol. The van der Waals surface area contributed by atoms with Crippen LogP contribution in [0.4, 0.5) is 0 Å². The Hall–Kier alpha value is -1.44. The summed E-state index contributed by atoms with van der Waals surface area (Å²) in [5.74, 6) is 0.586. The number of piperidine rings is 1. The van der Waals surface area contributed by atoms with Gasteiger partial charge in [-0.15, -0.1) is 0 Å². The first-order valence-corrected chi connectivity index (χ1v) is 10.5. The van der Waals surface area contributed by atoms with E-state index >= 15 is 0 Å². The Labute approximate surface area is 151 Å². The van der Waals surface area contributed by atoms with Gasteiger partial charge >= 0.3 is 0 Å². The molecule has 7 heteroatoms. The molecule has 1 aromatic carbocycles. The number of hydrogen-bond acceptors (Lipinski definition) is 4. The lowest BCUT2D eigenvalue weighted by molar-refractivity contribution is 0.0950. The number of benzene rings is 1. The fraction of sp³-hybridized carbons (Fsp3) is 0.611. The number of nitrogens with zero attached hydrogens (tertiary/aromatic N) is 1. The molecule has 140 valence electrons. The molecule has 0 bridgehead atoms. The third-order valence-electron chi connectivity index (χ3n) is 4.55. The maximum atomic E-state index is 12.2. The van der Waals surface area contributed by atoms with Crippen LogP contribution in [0.5, 0.6) is 0 Å². The molecule has 0 atom stereocenters. The van der Waals surface area contributed by atoms with Gasteiger partial charge in [-0.3, -0.25) is 4.79 Å². The van der Waals surface area contributed by atoms with Crippen LogP contribution in [0, 0.1) is 5.92 Å². The average molecular weight is 368 g/mol. The van der Waals surface area contributed by atoms with Crippen molar-refractivity contribution in [2.75, 3.05) is 32.7 Å². The minimum Gasteiger partial charge on any atom is -0.352 e. The smallest absolute Gasteiger partial charge is 0.251 e. The fourth-order valence-corrected chi connectivity index (χ4v) is 4.06. The van der Waals surface area contributed by atoms with Crippen LogP contribution in [0.2, 0.25) is 0 Å². The topological polar surface area (TPSA) is 78.5 Å². The minimum atomic E-state index is -3.55. The van der Waals surface area contributed by atoms with Crippen LogP contribution in [-0.4, -0.2) is 51.9 Å². The van der Waals surface area contributed by atoms with Crippen molar-refractivity contribution >= 4 is 15.9 Å². The zero-order chi connectivity index (χ0) is 18.3. The van der Waals surface area contributed by atoms with E-state index in [1.807, 2.05) is 0 Å². The summed E-state index contributed by atoms with van der Waals surface area (Å²) in [5, 5.41) is 2.88. The number of hydrogen-bond donors (Lipinski definition) is 2. The van der Waals surface area contributed by atoms with Crippen molar-refractivity contribution in [3.63, 3.8) is 0 Å². The van der Waals surface area contributed by atoms with Crippen LogP contribution in [0.3, 0.4) is 0 Å². The summed E-state index contributed by atoms with van der Waals surface area (Å²) in [4.78, 5) is 14.8. The lowest BCUT2D eigenvalue weighted by Crippen LogP contribution is -2.35. The van der Waals surface area contributed by atoms with Gasteiger partial charge in [0, 0.05) is 18.7 Å². The highest BCUT2D eigenvalue weighted by Crippen LogP contribution is 2.15. The molecule has 2 rings (SSSR count). The van der Waals surface area contributed by atoms with Crippen LogP contribution < -0.4 is 10.0 Å². The highest BCUT2D eigenvalue weighted by molar-refractivity contribution is 7.89. The van der Waals surface area contributed by atoms with Gasteiger partial charge in [0.25, 0.3) is 5.91 Å². The molecule has 0 spiro atoms. The molecule has 1 saturated heterocycles. The molecule has 1 heterocycles. The number of carbonyl (C=O) groups excluding carboxylic acids is 1. The predicted octanol–water partition coefficient (Wildman–Crippen LogP) is 1.84. The molecular weight excluding hydrogens is 338 g/mol. The molecule has 1 aliphatic heterocycles. The first-order valence-electron chi connectivity index (χ1n) is 9.02. The lowest BCUT2D eigenvalue weighted by Gasteiger charge is -2.30. The number of amides is 1. The van der Waals surface area contributed by atoms with E-state index in [1.165, 1.54) is 25.0 Å². The standard InChI is InChI=1S/C18H29N3O3S/c1-3-20-25(23,24)17-7-4-6-16(14-17)18(22)19-10-5-11-21-12-8-15(2)9-13-21/h4,6-7,14-15,20H,3,5,8-13H2,1-2H3,(H,19,22). The summed E-state index contributed by atoms with van der Waals surface area (Å²) in [5.41, 5.74) is 0.366. The van der Waals surface area contributed by atoms with Gasteiger partial charge in [0.05, 0.1) is 4.90 Å². The second-order valence-corrected chi connectivity index (χ2v) is 8.43. The zero-order valence-electron chi connectivity index (χ0n) is 15.1. The molecule has 25 heavy (non-hydrogen) atoms. The molecule has 0 unspecified atom stereocenters. The quantitative estimate of drug-likeness (QED) is 0.687. The van der Waals surface area contributed by atoms with Gasteiger partial charge in [-0.25, -0.2) is 13.1 Å². The van der Waals surface area contributed by atoms with Crippen LogP contribution in [0.25, 0.3) is 0 Å². The van der Waals surface area contributed by atoms with Gasteiger partial charge in [0.2, 0.25) is 10.0 Å². The van der Waals surface area contributed by atoms with Crippen molar-refractivity contribution in [1.82, 2.24) is 14.9 Å². The number of carbonyl (C=O) groups is 1.